The first kappa shape index (κ1) is 15.7. The Kier molecular flexibility index (Phi) is 5.15. The first-order valence-electron chi connectivity index (χ1n) is 4.53. The van der Waals surface area contributed by atoms with Crippen molar-refractivity contribution in [1.29, 1.82) is 0 Å². The Hall–Kier alpha value is -1.32. The summed E-state index contributed by atoms with van der Waals surface area (Å²) in [4.78, 5) is 11.3. The molecule has 1 rings (SSSR count). The van der Waals surface area contributed by atoms with Crippen LogP contribution in [0.5, 0.6) is 0 Å². The summed E-state index contributed by atoms with van der Waals surface area (Å²) in [5.74, 6) is -1.06. The van der Waals surface area contributed by atoms with Gasteiger partial charge in [0.25, 0.3) is 11.0 Å². The Morgan fingerprint density at radius 1 is 1.32 bits per heavy atom. The molecule has 0 fully saturated rings. The Morgan fingerprint density at radius 2 is 1.95 bits per heavy atom. The third-order valence-electron chi connectivity index (χ3n) is 1.86. The number of alkyl halides is 3. The number of hydrogen-bond acceptors (Lipinski definition) is 5. The van der Waals surface area contributed by atoms with E-state index < -0.39 is 40.5 Å². The van der Waals surface area contributed by atoms with Crippen LogP contribution in [-0.4, -0.2) is 21.2 Å². The van der Waals surface area contributed by atoms with Crippen LogP contribution < -0.4 is 0 Å². The number of carbonyl (C=O) groups excluding carboxylic acids is 1. The molecule has 1 aromatic rings. The average molecular weight is 319 g/mol. The predicted molar refractivity (Wildman–Crippen MR) is 58.1 cm³/mol. The van der Waals surface area contributed by atoms with E-state index >= 15 is 0 Å². The predicted octanol–water partition coefficient (Wildman–Crippen LogP) is 2.02. The number of ether oxygens (including phenoxy) is 1. The second-order valence-electron chi connectivity index (χ2n) is 3.09. The lowest BCUT2D eigenvalue weighted by Gasteiger charge is -2.09. The average Bonchev–Trinajstić information content (AvgIpc) is 2.26. The minimum atomic E-state index is -4.64. The maximum atomic E-state index is 12.4. The molecule has 0 bridgehead atoms. The molecule has 0 N–H and O–H groups in total. The van der Waals surface area contributed by atoms with Crippen molar-refractivity contribution < 1.29 is 35.3 Å². The molecule has 1 aromatic carbocycles. The molecule has 0 heterocycles. The van der Waals surface area contributed by atoms with Crippen molar-refractivity contribution in [3.63, 3.8) is 0 Å². The minimum Gasteiger partial charge on any atom is -0.434 e. The molecule has 106 valence electrons. The maximum absolute atomic E-state index is 12.4. The van der Waals surface area contributed by atoms with Crippen molar-refractivity contribution in [1.82, 2.24) is 0 Å². The van der Waals surface area contributed by atoms with E-state index in [1.54, 1.807) is 0 Å². The van der Waals surface area contributed by atoms with Crippen molar-refractivity contribution in [2.45, 2.75) is 6.18 Å². The second-order valence-corrected chi connectivity index (χ2v) is 4.21. The zero-order valence-electron chi connectivity index (χ0n) is 8.94. The van der Waals surface area contributed by atoms with Gasteiger partial charge in [-0.3, -0.25) is 0 Å². The summed E-state index contributed by atoms with van der Waals surface area (Å²) in [7, 11) is -3.18. The van der Waals surface area contributed by atoms with Gasteiger partial charge in [0.2, 0.25) is 6.79 Å². The fourth-order valence-electron chi connectivity index (χ4n) is 1.08. The summed E-state index contributed by atoms with van der Waals surface area (Å²) in [6, 6.07) is 2.24. The zero-order valence-corrected chi connectivity index (χ0v) is 10.6. The molecule has 5 nitrogen and oxygen atoms in total. The Balaban J connectivity index is 2.80. The van der Waals surface area contributed by atoms with Gasteiger partial charge >= 0.3 is 12.1 Å². The lowest BCUT2D eigenvalue weighted by molar-refractivity contribution is -0.137. The van der Waals surface area contributed by atoms with Crippen molar-refractivity contribution in [2.75, 3.05) is 6.79 Å². The van der Waals surface area contributed by atoms with Crippen LogP contribution in [0.4, 0.5) is 13.2 Å². The zero-order chi connectivity index (χ0) is 14.6. The smallest absolute Gasteiger partial charge is 0.417 e. The highest BCUT2D eigenvalue weighted by atomic mass is 35.5. The first-order valence-corrected chi connectivity index (χ1v) is 6.00. The lowest BCUT2D eigenvalue weighted by atomic mass is 10.1. The van der Waals surface area contributed by atoms with Crippen LogP contribution in [0, 0.1) is 0 Å². The molecule has 0 aliphatic rings. The summed E-state index contributed by atoms with van der Waals surface area (Å²) in [6.45, 7) is -0.865. The largest absolute Gasteiger partial charge is 0.434 e. The molecule has 0 radical (unpaired) electrons. The molecule has 0 unspecified atom stereocenters. The topological polar surface area (TPSA) is 69.7 Å². The molecule has 0 saturated carbocycles. The first-order chi connectivity index (χ1) is 8.71. The van der Waals surface area contributed by atoms with Gasteiger partial charge in [-0.15, -0.1) is 0 Å². The van der Waals surface area contributed by atoms with E-state index in [1.165, 1.54) is 0 Å². The molecular formula is C9H6ClF3O5S. The highest BCUT2D eigenvalue weighted by Gasteiger charge is 2.33. The number of hydrogen-bond donors (Lipinski definition) is 1. The van der Waals surface area contributed by atoms with Crippen LogP contribution in [-0.2, 0) is 26.1 Å². The van der Waals surface area contributed by atoms with E-state index in [2.05, 4.69) is 8.92 Å². The van der Waals surface area contributed by atoms with Crippen molar-refractivity contribution in [2.24, 2.45) is 0 Å². The Bertz CT molecular complexity index is 547. The van der Waals surface area contributed by atoms with Crippen molar-refractivity contribution >= 4 is 28.6 Å². The summed E-state index contributed by atoms with van der Waals surface area (Å²) in [6.07, 6.45) is -4.64. The number of esters is 1. The standard InChI is InChI=1S/C9H6ClF3O5S/c10-7-3-5(1-2-6(7)9(11,12)13)8(14)17-4-18-19(15)16/h1-3,19H,4H2. The van der Waals surface area contributed by atoms with Crippen LogP contribution >= 0.6 is 11.6 Å². The number of thiol groups is 1. The summed E-state index contributed by atoms with van der Waals surface area (Å²) in [5.41, 5.74) is -1.35. The van der Waals surface area contributed by atoms with Crippen LogP contribution in [0.3, 0.4) is 0 Å². The van der Waals surface area contributed by atoms with Crippen LogP contribution in [0.2, 0.25) is 5.02 Å². The molecule has 0 spiro atoms. The third-order valence-corrected chi connectivity index (χ3v) is 2.49. The Labute approximate surface area is 112 Å². The molecule has 10 heteroatoms. The van der Waals surface area contributed by atoms with E-state index in [9.17, 15) is 26.4 Å². The maximum Gasteiger partial charge on any atom is 0.417 e. The monoisotopic (exact) mass is 318 g/mol. The summed E-state index contributed by atoms with van der Waals surface area (Å²) in [5, 5.41) is -0.669. The van der Waals surface area contributed by atoms with Gasteiger partial charge in [-0.25, -0.2) is 17.4 Å². The Morgan fingerprint density at radius 3 is 2.42 bits per heavy atom. The van der Waals surface area contributed by atoms with Crippen LogP contribution in [0.1, 0.15) is 15.9 Å². The number of rotatable bonds is 4. The van der Waals surface area contributed by atoms with Gasteiger partial charge in [0.05, 0.1) is 16.1 Å². The number of benzene rings is 1. The molecule has 0 aliphatic heterocycles. The third kappa shape index (κ3) is 4.69. The molecule has 0 saturated heterocycles. The summed E-state index contributed by atoms with van der Waals surface area (Å²) < 4.78 is 65.4. The van der Waals surface area contributed by atoms with E-state index in [4.69, 9.17) is 11.6 Å². The van der Waals surface area contributed by atoms with Gasteiger partial charge < -0.3 is 4.74 Å². The molecule has 0 aliphatic carbocycles. The van der Waals surface area contributed by atoms with Crippen LogP contribution in [0.25, 0.3) is 0 Å². The fraction of sp³-hybridized carbons (Fsp3) is 0.222. The van der Waals surface area contributed by atoms with Gasteiger partial charge in [0, 0.05) is 0 Å². The lowest BCUT2D eigenvalue weighted by Crippen LogP contribution is -2.10. The molecule has 0 atom stereocenters. The highest BCUT2D eigenvalue weighted by molar-refractivity contribution is 7.67. The molecular weight excluding hydrogens is 313 g/mol. The normalized spacial score (nSPS) is 11.6. The van der Waals surface area contributed by atoms with Gasteiger partial charge in [-0.05, 0) is 18.2 Å². The number of halogens is 4. The van der Waals surface area contributed by atoms with E-state index in [1.807, 2.05) is 0 Å². The highest BCUT2D eigenvalue weighted by Crippen LogP contribution is 2.34. The van der Waals surface area contributed by atoms with Gasteiger partial charge in [-0.1, -0.05) is 11.6 Å². The van der Waals surface area contributed by atoms with Crippen molar-refractivity contribution in [3.8, 4) is 0 Å². The van der Waals surface area contributed by atoms with Gasteiger partial charge in [0.1, 0.15) is 0 Å². The van der Waals surface area contributed by atoms with Gasteiger partial charge in [0.15, 0.2) is 0 Å². The van der Waals surface area contributed by atoms with E-state index in [-0.39, 0.29) is 5.56 Å². The molecule has 19 heavy (non-hydrogen) atoms. The molecule has 0 aromatic heterocycles. The van der Waals surface area contributed by atoms with Crippen molar-refractivity contribution in [3.05, 3.63) is 34.3 Å². The second kappa shape index (κ2) is 6.22. The minimum absolute atomic E-state index is 0.261. The molecule has 0 amide bonds. The van der Waals surface area contributed by atoms with E-state index in [0.717, 1.165) is 12.1 Å². The van der Waals surface area contributed by atoms with Gasteiger partial charge in [-0.2, -0.15) is 13.2 Å². The fourth-order valence-corrected chi connectivity index (χ4v) is 1.50. The SMILES string of the molecule is O=C(OCO[SH](=O)=O)c1ccc(C(F)(F)F)c(Cl)c1. The van der Waals surface area contributed by atoms with Crippen LogP contribution in [0.15, 0.2) is 18.2 Å². The summed E-state index contributed by atoms with van der Waals surface area (Å²) >= 11 is 5.39. The van der Waals surface area contributed by atoms with E-state index in [0.29, 0.717) is 6.07 Å². The number of carbonyl (C=O) groups is 1. The quantitative estimate of drug-likeness (QED) is 0.522.